The predicted octanol–water partition coefficient (Wildman–Crippen LogP) is 3.55. The quantitative estimate of drug-likeness (QED) is 0.569. The molecule has 2 rings (SSSR count). The third kappa shape index (κ3) is 6.76. The van der Waals surface area contributed by atoms with Gasteiger partial charge in [0, 0.05) is 13.1 Å². The molecule has 2 aromatic carbocycles. The number of unbranched alkanes of at least 4 members (excludes halogenated alkanes) is 1. The summed E-state index contributed by atoms with van der Waals surface area (Å²) in [5, 5.41) is 2.85. The van der Waals surface area contributed by atoms with Crippen molar-refractivity contribution in [2.45, 2.75) is 39.3 Å². The van der Waals surface area contributed by atoms with Crippen molar-refractivity contribution in [2.24, 2.45) is 0 Å². The number of rotatable bonds is 11. The average Bonchev–Trinajstić information content (AvgIpc) is 2.76. The van der Waals surface area contributed by atoms with Crippen molar-refractivity contribution in [1.29, 1.82) is 0 Å². The number of hydrogen-bond acceptors (Lipinski definition) is 4. The van der Waals surface area contributed by atoms with Gasteiger partial charge in [0.2, 0.25) is 5.91 Å². The van der Waals surface area contributed by atoms with Crippen LogP contribution in [-0.2, 0) is 16.1 Å². The van der Waals surface area contributed by atoms with Crippen LogP contribution >= 0.6 is 0 Å². The van der Waals surface area contributed by atoms with Crippen LogP contribution in [0.5, 0.6) is 11.5 Å². The first kappa shape index (κ1) is 23.2. The molecule has 0 aliphatic heterocycles. The van der Waals surface area contributed by atoms with E-state index in [0.29, 0.717) is 18.0 Å². The highest BCUT2D eigenvalue weighted by Crippen LogP contribution is 2.25. The van der Waals surface area contributed by atoms with Crippen molar-refractivity contribution in [3.8, 4) is 11.5 Å². The lowest BCUT2D eigenvalue weighted by Gasteiger charge is -2.29. The van der Waals surface area contributed by atoms with Crippen molar-refractivity contribution in [1.82, 2.24) is 10.2 Å². The summed E-state index contributed by atoms with van der Waals surface area (Å²) in [6, 6.07) is 12.2. The molecule has 30 heavy (non-hydrogen) atoms. The van der Waals surface area contributed by atoms with Gasteiger partial charge in [-0.25, -0.2) is 4.39 Å². The maximum Gasteiger partial charge on any atom is 0.261 e. The van der Waals surface area contributed by atoms with Gasteiger partial charge in [0.05, 0.1) is 7.11 Å². The third-order valence-electron chi connectivity index (χ3n) is 4.68. The first-order valence-electron chi connectivity index (χ1n) is 10.0. The van der Waals surface area contributed by atoms with E-state index < -0.39 is 6.04 Å². The van der Waals surface area contributed by atoms with Crippen LogP contribution in [0.2, 0.25) is 0 Å². The van der Waals surface area contributed by atoms with Crippen LogP contribution in [0.25, 0.3) is 0 Å². The summed E-state index contributed by atoms with van der Waals surface area (Å²) in [5.41, 5.74) is 0.718. The highest BCUT2D eigenvalue weighted by atomic mass is 19.1. The molecule has 1 atom stereocenters. The van der Waals surface area contributed by atoms with Crippen LogP contribution in [0.1, 0.15) is 32.3 Å². The Balaban J connectivity index is 2.13. The number of carbonyl (C=O) groups excluding carboxylic acids is 2. The Morgan fingerprint density at radius 1 is 1.10 bits per heavy atom. The number of methoxy groups -OCH3 is 1. The number of ether oxygens (including phenoxy) is 2. The zero-order valence-electron chi connectivity index (χ0n) is 17.7. The highest BCUT2D eigenvalue weighted by molar-refractivity contribution is 5.88. The molecular formula is C23H29FN2O4. The van der Waals surface area contributed by atoms with E-state index in [-0.39, 0.29) is 30.8 Å². The molecule has 0 aliphatic rings. The number of carbonyl (C=O) groups is 2. The molecule has 6 nitrogen and oxygen atoms in total. The Morgan fingerprint density at radius 3 is 2.40 bits per heavy atom. The minimum Gasteiger partial charge on any atom is -0.493 e. The summed E-state index contributed by atoms with van der Waals surface area (Å²) < 4.78 is 24.1. The Labute approximate surface area is 177 Å². The zero-order valence-corrected chi connectivity index (χ0v) is 17.7. The molecule has 0 spiro atoms. The summed E-state index contributed by atoms with van der Waals surface area (Å²) in [5.74, 6) is -0.00283. The van der Waals surface area contributed by atoms with Crippen molar-refractivity contribution in [3.05, 3.63) is 59.9 Å². The molecule has 0 radical (unpaired) electrons. The lowest BCUT2D eigenvalue weighted by Crippen LogP contribution is -2.49. The van der Waals surface area contributed by atoms with Crippen LogP contribution in [0.3, 0.4) is 0 Å². The zero-order chi connectivity index (χ0) is 21.9. The van der Waals surface area contributed by atoms with Gasteiger partial charge in [0.25, 0.3) is 5.91 Å². The van der Waals surface area contributed by atoms with Crippen LogP contribution in [0, 0.1) is 5.82 Å². The Kier molecular flexibility index (Phi) is 9.12. The summed E-state index contributed by atoms with van der Waals surface area (Å²) in [4.78, 5) is 27.0. The molecule has 0 saturated heterocycles. The van der Waals surface area contributed by atoms with Gasteiger partial charge in [0.1, 0.15) is 11.9 Å². The van der Waals surface area contributed by atoms with Crippen molar-refractivity contribution < 1.29 is 23.5 Å². The second-order valence-electron chi connectivity index (χ2n) is 6.91. The summed E-state index contributed by atoms with van der Waals surface area (Å²) in [6.07, 6.45) is 1.82. The van der Waals surface area contributed by atoms with E-state index in [0.717, 1.165) is 18.4 Å². The second-order valence-corrected chi connectivity index (χ2v) is 6.91. The first-order chi connectivity index (χ1) is 14.5. The molecule has 0 bridgehead atoms. The molecule has 0 heterocycles. The van der Waals surface area contributed by atoms with E-state index in [1.807, 2.05) is 6.92 Å². The fourth-order valence-corrected chi connectivity index (χ4v) is 2.87. The van der Waals surface area contributed by atoms with E-state index in [2.05, 4.69) is 5.32 Å². The summed E-state index contributed by atoms with van der Waals surface area (Å²) >= 11 is 0. The Bertz CT molecular complexity index is 826. The Morgan fingerprint density at radius 2 is 1.77 bits per heavy atom. The molecule has 0 aromatic heterocycles. The molecule has 1 N–H and O–H groups in total. The van der Waals surface area contributed by atoms with Gasteiger partial charge in [-0.05, 0) is 43.2 Å². The molecule has 7 heteroatoms. The minimum atomic E-state index is -0.708. The van der Waals surface area contributed by atoms with Crippen LogP contribution in [0.15, 0.2) is 48.5 Å². The number of nitrogens with zero attached hydrogens (tertiary/aromatic N) is 1. The maximum absolute atomic E-state index is 13.2. The van der Waals surface area contributed by atoms with Gasteiger partial charge in [-0.15, -0.1) is 0 Å². The largest absolute Gasteiger partial charge is 0.493 e. The molecule has 2 amide bonds. The Hall–Kier alpha value is -3.09. The fourth-order valence-electron chi connectivity index (χ4n) is 2.87. The standard InChI is InChI=1S/C23H29FN2O4/c1-4-5-14-25-23(28)17(2)26(15-18-10-12-19(24)13-11-18)22(27)16-30-21-9-7-6-8-20(21)29-3/h6-13,17H,4-5,14-16H2,1-3H3,(H,25,28). The highest BCUT2D eigenvalue weighted by Gasteiger charge is 2.26. The van der Waals surface area contributed by atoms with Gasteiger partial charge < -0.3 is 19.7 Å². The topological polar surface area (TPSA) is 67.9 Å². The molecular weight excluding hydrogens is 387 g/mol. The molecule has 162 valence electrons. The van der Waals surface area contributed by atoms with Crippen molar-refractivity contribution in [3.63, 3.8) is 0 Å². The SMILES string of the molecule is CCCCNC(=O)C(C)N(Cc1ccc(F)cc1)C(=O)COc1ccccc1OC. The number of nitrogens with one attached hydrogen (secondary N) is 1. The fraction of sp³-hybridized carbons (Fsp3) is 0.391. The van der Waals surface area contributed by atoms with Crippen molar-refractivity contribution >= 4 is 11.8 Å². The maximum atomic E-state index is 13.2. The lowest BCUT2D eigenvalue weighted by molar-refractivity contribution is -0.142. The summed E-state index contributed by atoms with van der Waals surface area (Å²) in [6.45, 7) is 4.17. The monoisotopic (exact) mass is 416 g/mol. The third-order valence-corrected chi connectivity index (χ3v) is 4.68. The van der Waals surface area contributed by atoms with E-state index in [4.69, 9.17) is 9.47 Å². The number of para-hydroxylation sites is 2. The predicted molar refractivity (Wildman–Crippen MR) is 113 cm³/mol. The number of benzene rings is 2. The van der Waals surface area contributed by atoms with Crippen LogP contribution < -0.4 is 14.8 Å². The van der Waals surface area contributed by atoms with Gasteiger partial charge in [0.15, 0.2) is 18.1 Å². The minimum absolute atomic E-state index is 0.163. The van der Waals surface area contributed by atoms with E-state index >= 15 is 0 Å². The average molecular weight is 416 g/mol. The number of hydrogen-bond donors (Lipinski definition) is 1. The number of amides is 2. The van der Waals surface area contributed by atoms with Gasteiger partial charge in [-0.1, -0.05) is 37.6 Å². The van der Waals surface area contributed by atoms with E-state index in [9.17, 15) is 14.0 Å². The molecule has 0 fully saturated rings. The van der Waals surface area contributed by atoms with Crippen LogP contribution in [-0.4, -0.2) is 43.0 Å². The second kappa shape index (κ2) is 11.8. The first-order valence-corrected chi connectivity index (χ1v) is 10.0. The van der Waals surface area contributed by atoms with Crippen molar-refractivity contribution in [2.75, 3.05) is 20.3 Å². The molecule has 0 saturated carbocycles. The van der Waals surface area contributed by atoms with E-state index in [1.54, 1.807) is 43.3 Å². The summed E-state index contributed by atoms with van der Waals surface area (Å²) in [7, 11) is 1.52. The van der Waals surface area contributed by atoms with Gasteiger partial charge >= 0.3 is 0 Å². The van der Waals surface area contributed by atoms with Gasteiger partial charge in [-0.2, -0.15) is 0 Å². The molecule has 2 aromatic rings. The van der Waals surface area contributed by atoms with E-state index in [1.165, 1.54) is 24.1 Å². The molecule has 1 unspecified atom stereocenters. The lowest BCUT2D eigenvalue weighted by atomic mass is 10.1. The number of halogens is 1. The molecule has 0 aliphatic carbocycles. The van der Waals surface area contributed by atoms with Gasteiger partial charge in [-0.3, -0.25) is 9.59 Å². The van der Waals surface area contributed by atoms with Crippen LogP contribution in [0.4, 0.5) is 4.39 Å². The smallest absolute Gasteiger partial charge is 0.261 e. The normalized spacial score (nSPS) is 11.5.